The molecule has 0 bridgehead atoms. The lowest BCUT2D eigenvalue weighted by Crippen LogP contribution is -2.44. The van der Waals surface area contributed by atoms with Crippen molar-refractivity contribution in [3.05, 3.63) is 0 Å². The van der Waals surface area contributed by atoms with Crippen LogP contribution in [0.2, 0.25) is 0 Å². The molecule has 0 aliphatic heterocycles. The van der Waals surface area contributed by atoms with Gasteiger partial charge in [-0.25, -0.2) is 0 Å². The summed E-state index contributed by atoms with van der Waals surface area (Å²) in [5.74, 6) is -1.29. The second-order valence-electron chi connectivity index (χ2n) is 2.89. The number of carbonyl (C=O) groups is 1. The molecule has 6 heteroatoms. The molecule has 0 spiro atoms. The van der Waals surface area contributed by atoms with Crippen LogP contribution in [-0.4, -0.2) is 55.9 Å². The lowest BCUT2D eigenvalue weighted by molar-refractivity contribution is -0.145. The molecule has 0 rings (SSSR count). The van der Waals surface area contributed by atoms with Gasteiger partial charge in [-0.3, -0.25) is 4.79 Å². The molecule has 0 heterocycles. The molecule has 0 aliphatic rings. The molecule has 0 fully saturated rings. The summed E-state index contributed by atoms with van der Waals surface area (Å²) in [6.45, 7) is 1.22. The highest BCUT2D eigenvalue weighted by molar-refractivity contribution is 5.67. The number of carboxylic acid groups (broad SMARTS) is 1. The molecular formula is C7H14O6. The van der Waals surface area contributed by atoms with Gasteiger partial charge in [0, 0.05) is 0 Å². The van der Waals surface area contributed by atoms with Crippen molar-refractivity contribution in [1.82, 2.24) is 0 Å². The summed E-state index contributed by atoms with van der Waals surface area (Å²) in [5, 5.41) is 44.2. The Kier molecular flexibility index (Phi) is 4.86. The zero-order valence-corrected chi connectivity index (χ0v) is 7.16. The van der Waals surface area contributed by atoms with E-state index in [0.29, 0.717) is 0 Å². The van der Waals surface area contributed by atoms with E-state index >= 15 is 0 Å². The van der Waals surface area contributed by atoms with Gasteiger partial charge in [0.1, 0.15) is 12.2 Å². The number of carboxylic acids is 1. The number of aliphatic carboxylic acids is 1. The first-order chi connectivity index (χ1) is 5.86. The fourth-order valence-electron chi connectivity index (χ4n) is 0.813. The van der Waals surface area contributed by atoms with E-state index in [1.165, 1.54) is 6.92 Å². The van der Waals surface area contributed by atoms with Crippen LogP contribution in [0.3, 0.4) is 0 Å². The molecule has 0 aromatic rings. The van der Waals surface area contributed by atoms with Crippen molar-refractivity contribution in [1.29, 1.82) is 0 Å². The lowest BCUT2D eigenvalue weighted by Gasteiger charge is -2.23. The van der Waals surface area contributed by atoms with Crippen LogP contribution < -0.4 is 0 Å². The van der Waals surface area contributed by atoms with Crippen LogP contribution in [0.1, 0.15) is 13.3 Å². The van der Waals surface area contributed by atoms with E-state index in [-0.39, 0.29) is 0 Å². The third-order valence-corrected chi connectivity index (χ3v) is 1.62. The van der Waals surface area contributed by atoms with Gasteiger partial charge in [0.2, 0.25) is 0 Å². The number of aliphatic hydroxyl groups excluding tert-OH is 4. The van der Waals surface area contributed by atoms with Gasteiger partial charge in [-0.15, -0.1) is 0 Å². The fraction of sp³-hybridized carbons (Fsp3) is 0.857. The quantitative estimate of drug-likeness (QED) is 0.343. The molecule has 0 amide bonds. The van der Waals surface area contributed by atoms with Gasteiger partial charge in [-0.05, 0) is 6.92 Å². The fourth-order valence-corrected chi connectivity index (χ4v) is 0.813. The van der Waals surface area contributed by atoms with Crippen LogP contribution >= 0.6 is 0 Å². The Hall–Kier alpha value is -0.690. The Balaban J connectivity index is 4.08. The van der Waals surface area contributed by atoms with E-state index in [1.807, 2.05) is 0 Å². The summed E-state index contributed by atoms with van der Waals surface area (Å²) in [4.78, 5) is 10.1. The van der Waals surface area contributed by atoms with E-state index in [4.69, 9.17) is 25.5 Å². The molecule has 0 aromatic heterocycles. The van der Waals surface area contributed by atoms with Crippen molar-refractivity contribution < 1.29 is 30.3 Å². The lowest BCUT2D eigenvalue weighted by atomic mass is 10.0. The Morgan fingerprint density at radius 1 is 1.15 bits per heavy atom. The number of hydrogen-bond acceptors (Lipinski definition) is 5. The molecule has 0 saturated carbocycles. The molecule has 4 atom stereocenters. The minimum absolute atomic E-state index is 0.676. The molecule has 4 unspecified atom stereocenters. The Labute approximate surface area is 75.1 Å². The van der Waals surface area contributed by atoms with Crippen LogP contribution in [0.25, 0.3) is 0 Å². The molecule has 0 radical (unpaired) electrons. The Morgan fingerprint density at radius 2 is 1.62 bits per heavy atom. The van der Waals surface area contributed by atoms with Crippen molar-refractivity contribution in [3.63, 3.8) is 0 Å². The highest BCUT2D eigenvalue weighted by atomic mass is 16.4. The molecule has 0 aliphatic carbocycles. The average molecular weight is 194 g/mol. The zero-order valence-electron chi connectivity index (χ0n) is 7.16. The minimum atomic E-state index is -1.66. The maximum Gasteiger partial charge on any atom is 0.306 e. The molecule has 6 nitrogen and oxygen atoms in total. The second kappa shape index (κ2) is 5.13. The van der Waals surface area contributed by atoms with Crippen molar-refractivity contribution in [2.45, 2.75) is 37.8 Å². The predicted octanol–water partition coefficient (Wildman–Crippen LogP) is -2.08. The smallest absolute Gasteiger partial charge is 0.306 e. The summed E-state index contributed by atoms with van der Waals surface area (Å²) in [6.07, 6.45) is -6.68. The number of aliphatic hydroxyl groups is 4. The SMILES string of the molecule is CC(O)C(O)C(O)C(O)CC(=O)O. The van der Waals surface area contributed by atoms with Crippen LogP contribution in [-0.2, 0) is 4.79 Å². The van der Waals surface area contributed by atoms with Crippen molar-refractivity contribution >= 4 is 5.97 Å². The highest BCUT2D eigenvalue weighted by Crippen LogP contribution is 2.07. The summed E-state index contributed by atoms with van der Waals surface area (Å²) in [7, 11) is 0. The normalized spacial score (nSPS) is 20.4. The van der Waals surface area contributed by atoms with Crippen molar-refractivity contribution in [2.75, 3.05) is 0 Å². The van der Waals surface area contributed by atoms with E-state index in [2.05, 4.69) is 0 Å². The van der Waals surface area contributed by atoms with E-state index in [1.54, 1.807) is 0 Å². The van der Waals surface area contributed by atoms with Crippen molar-refractivity contribution in [3.8, 4) is 0 Å². The van der Waals surface area contributed by atoms with Crippen LogP contribution in [0.15, 0.2) is 0 Å². The molecule has 5 N–H and O–H groups in total. The van der Waals surface area contributed by atoms with Crippen LogP contribution in [0, 0.1) is 0 Å². The van der Waals surface area contributed by atoms with Gasteiger partial charge in [-0.2, -0.15) is 0 Å². The summed E-state index contributed by atoms with van der Waals surface area (Å²) < 4.78 is 0. The largest absolute Gasteiger partial charge is 0.481 e. The van der Waals surface area contributed by atoms with Gasteiger partial charge in [-0.1, -0.05) is 0 Å². The van der Waals surface area contributed by atoms with Gasteiger partial charge < -0.3 is 25.5 Å². The van der Waals surface area contributed by atoms with Crippen molar-refractivity contribution in [2.24, 2.45) is 0 Å². The number of rotatable bonds is 5. The molecule has 0 saturated heterocycles. The molecule has 13 heavy (non-hydrogen) atoms. The Morgan fingerprint density at radius 3 is 1.92 bits per heavy atom. The van der Waals surface area contributed by atoms with E-state index in [9.17, 15) is 4.79 Å². The van der Waals surface area contributed by atoms with Gasteiger partial charge >= 0.3 is 5.97 Å². The van der Waals surface area contributed by atoms with Gasteiger partial charge in [0.15, 0.2) is 0 Å². The molecule has 0 aromatic carbocycles. The van der Waals surface area contributed by atoms with E-state index < -0.39 is 36.8 Å². The van der Waals surface area contributed by atoms with Crippen LogP contribution in [0.4, 0.5) is 0 Å². The molecule has 78 valence electrons. The predicted molar refractivity (Wildman–Crippen MR) is 42.0 cm³/mol. The summed E-state index contributed by atoms with van der Waals surface area (Å²) in [5.41, 5.74) is 0. The average Bonchev–Trinajstić information content (AvgIpc) is 2.00. The topological polar surface area (TPSA) is 118 Å². The van der Waals surface area contributed by atoms with E-state index in [0.717, 1.165) is 0 Å². The minimum Gasteiger partial charge on any atom is -0.481 e. The standard InChI is InChI=1S/C7H14O6/c1-3(8)6(12)7(13)4(9)2-5(10)11/h3-4,6-9,12-13H,2H2,1H3,(H,10,11). The first kappa shape index (κ1) is 12.3. The molecular weight excluding hydrogens is 180 g/mol. The first-order valence-electron chi connectivity index (χ1n) is 3.80. The number of hydrogen-bond donors (Lipinski definition) is 5. The third kappa shape index (κ3) is 4.18. The maximum absolute atomic E-state index is 10.1. The third-order valence-electron chi connectivity index (χ3n) is 1.62. The summed E-state index contributed by atoms with van der Waals surface area (Å²) >= 11 is 0. The van der Waals surface area contributed by atoms with Gasteiger partial charge in [0.25, 0.3) is 0 Å². The highest BCUT2D eigenvalue weighted by Gasteiger charge is 2.29. The second-order valence-corrected chi connectivity index (χ2v) is 2.89. The van der Waals surface area contributed by atoms with Crippen LogP contribution in [0.5, 0.6) is 0 Å². The van der Waals surface area contributed by atoms with Gasteiger partial charge in [0.05, 0.1) is 18.6 Å². The summed E-state index contributed by atoms with van der Waals surface area (Å²) in [6, 6.07) is 0. The Bertz CT molecular complexity index is 168. The maximum atomic E-state index is 10.1. The monoisotopic (exact) mass is 194 g/mol. The first-order valence-corrected chi connectivity index (χ1v) is 3.80. The zero-order chi connectivity index (χ0) is 10.6.